The molecule has 0 saturated heterocycles. The maximum atomic E-state index is 10.1. The normalized spacial score (nSPS) is 14.2. The number of nitrogens with zero attached hydrogens (tertiary/aromatic N) is 1. The van der Waals surface area contributed by atoms with E-state index in [4.69, 9.17) is 14.2 Å². The molecular formula is C28H31NO4. The highest BCUT2D eigenvalue weighted by Gasteiger charge is 2.18. The standard InChI is InChI=1S/C28H31NO4/c1-4-25(22-12-15-26-27(16-22)33-19-32-26)28(20-8-6-5-7-9-20)21-10-13-24(14-11-21)31-18-23(30)17-29(2)3/h5-16,23,30H,4,17-19H2,1-3H3. The Labute approximate surface area is 195 Å². The minimum atomic E-state index is -0.530. The zero-order valence-corrected chi connectivity index (χ0v) is 19.5. The van der Waals surface area contributed by atoms with E-state index in [0.29, 0.717) is 6.54 Å². The highest BCUT2D eigenvalue weighted by atomic mass is 16.7. The van der Waals surface area contributed by atoms with Crippen molar-refractivity contribution in [2.45, 2.75) is 19.4 Å². The van der Waals surface area contributed by atoms with Crippen LogP contribution in [0, 0.1) is 0 Å². The van der Waals surface area contributed by atoms with Crippen LogP contribution in [-0.2, 0) is 0 Å². The highest BCUT2D eigenvalue weighted by molar-refractivity contribution is 5.98. The lowest BCUT2D eigenvalue weighted by Crippen LogP contribution is -2.30. The molecule has 1 aliphatic rings. The van der Waals surface area contributed by atoms with Crippen molar-refractivity contribution < 1.29 is 19.3 Å². The van der Waals surface area contributed by atoms with E-state index in [1.54, 1.807) is 0 Å². The van der Waals surface area contributed by atoms with E-state index in [0.717, 1.165) is 40.4 Å². The maximum absolute atomic E-state index is 10.1. The van der Waals surface area contributed by atoms with Gasteiger partial charge in [0.1, 0.15) is 18.5 Å². The quantitative estimate of drug-likeness (QED) is 0.465. The van der Waals surface area contributed by atoms with Gasteiger partial charge in [-0.2, -0.15) is 0 Å². The van der Waals surface area contributed by atoms with Crippen molar-refractivity contribution in [1.29, 1.82) is 0 Å². The summed E-state index contributed by atoms with van der Waals surface area (Å²) in [5, 5.41) is 10.1. The van der Waals surface area contributed by atoms with Crippen molar-refractivity contribution in [2.24, 2.45) is 0 Å². The zero-order valence-electron chi connectivity index (χ0n) is 19.5. The third-order valence-corrected chi connectivity index (χ3v) is 5.60. The second-order valence-corrected chi connectivity index (χ2v) is 8.39. The van der Waals surface area contributed by atoms with Crippen LogP contribution in [0.5, 0.6) is 17.2 Å². The van der Waals surface area contributed by atoms with E-state index in [2.05, 4.69) is 55.5 Å². The molecule has 0 spiro atoms. The van der Waals surface area contributed by atoms with Crippen LogP contribution in [-0.4, -0.2) is 50.2 Å². The van der Waals surface area contributed by atoms with Crippen LogP contribution in [0.2, 0.25) is 0 Å². The van der Waals surface area contributed by atoms with Gasteiger partial charge < -0.3 is 24.2 Å². The van der Waals surface area contributed by atoms with Crippen LogP contribution in [0.3, 0.4) is 0 Å². The fraction of sp³-hybridized carbons (Fsp3) is 0.286. The molecule has 4 rings (SSSR count). The van der Waals surface area contributed by atoms with Crippen molar-refractivity contribution in [1.82, 2.24) is 4.90 Å². The average molecular weight is 446 g/mol. The predicted octanol–water partition coefficient (Wildman–Crippen LogP) is 5.09. The Morgan fingerprint density at radius 1 is 0.909 bits per heavy atom. The first-order chi connectivity index (χ1) is 16.0. The number of likely N-dealkylation sites (N-methyl/N-ethyl adjacent to an activating group) is 1. The molecule has 1 heterocycles. The Hall–Kier alpha value is -3.28. The third-order valence-electron chi connectivity index (χ3n) is 5.60. The van der Waals surface area contributed by atoms with Gasteiger partial charge >= 0.3 is 0 Å². The lowest BCUT2D eigenvalue weighted by molar-refractivity contribution is 0.0831. The fourth-order valence-corrected chi connectivity index (χ4v) is 4.11. The Kier molecular flexibility index (Phi) is 7.33. The minimum absolute atomic E-state index is 0.260. The Bertz CT molecular complexity index is 1090. The number of allylic oxidation sites excluding steroid dienone is 1. The molecule has 0 amide bonds. The lowest BCUT2D eigenvalue weighted by atomic mass is 9.88. The highest BCUT2D eigenvalue weighted by Crippen LogP contribution is 2.39. The van der Waals surface area contributed by atoms with Crippen molar-refractivity contribution >= 4 is 11.1 Å². The third kappa shape index (κ3) is 5.56. The van der Waals surface area contributed by atoms with Crippen LogP contribution in [0.1, 0.15) is 30.0 Å². The molecule has 5 heteroatoms. The number of aliphatic hydroxyl groups excluding tert-OH is 1. The second-order valence-electron chi connectivity index (χ2n) is 8.39. The van der Waals surface area contributed by atoms with Gasteiger partial charge in [-0.1, -0.05) is 55.5 Å². The van der Waals surface area contributed by atoms with E-state index < -0.39 is 6.10 Å². The SMILES string of the molecule is CCC(=C(c1ccccc1)c1ccc(OCC(O)CN(C)C)cc1)c1ccc2c(c1)OCO2. The Morgan fingerprint density at radius 3 is 2.27 bits per heavy atom. The molecule has 1 aliphatic heterocycles. The Balaban J connectivity index is 1.68. The summed E-state index contributed by atoms with van der Waals surface area (Å²) < 4.78 is 16.9. The molecule has 0 radical (unpaired) electrons. The van der Waals surface area contributed by atoms with Crippen LogP contribution in [0.15, 0.2) is 72.8 Å². The van der Waals surface area contributed by atoms with Gasteiger partial charge in [0.05, 0.1) is 0 Å². The summed E-state index contributed by atoms with van der Waals surface area (Å²) in [6, 6.07) is 24.7. The molecule has 0 fully saturated rings. The number of hydrogen-bond acceptors (Lipinski definition) is 5. The van der Waals surface area contributed by atoms with Gasteiger partial charge in [0.15, 0.2) is 11.5 Å². The van der Waals surface area contributed by atoms with Crippen LogP contribution in [0.25, 0.3) is 11.1 Å². The molecule has 5 nitrogen and oxygen atoms in total. The summed E-state index contributed by atoms with van der Waals surface area (Å²) in [5.41, 5.74) is 5.79. The molecule has 3 aromatic rings. The molecule has 0 aliphatic carbocycles. The maximum Gasteiger partial charge on any atom is 0.231 e. The molecule has 3 aromatic carbocycles. The molecule has 1 atom stereocenters. The topological polar surface area (TPSA) is 51.2 Å². The van der Waals surface area contributed by atoms with Crippen LogP contribution in [0.4, 0.5) is 0 Å². The van der Waals surface area contributed by atoms with E-state index >= 15 is 0 Å². The van der Waals surface area contributed by atoms with Gasteiger partial charge in [-0.15, -0.1) is 0 Å². The molecule has 172 valence electrons. The summed E-state index contributed by atoms with van der Waals surface area (Å²) >= 11 is 0. The molecular weight excluding hydrogens is 414 g/mol. The van der Waals surface area contributed by atoms with Crippen molar-refractivity contribution in [2.75, 3.05) is 34.0 Å². The van der Waals surface area contributed by atoms with Crippen molar-refractivity contribution in [3.05, 3.63) is 89.5 Å². The smallest absolute Gasteiger partial charge is 0.231 e. The van der Waals surface area contributed by atoms with Gasteiger partial charge in [-0.05, 0) is 72.6 Å². The number of aliphatic hydroxyl groups is 1. The Morgan fingerprint density at radius 2 is 1.58 bits per heavy atom. The zero-order chi connectivity index (χ0) is 23.2. The summed E-state index contributed by atoms with van der Waals surface area (Å²) in [6.45, 7) is 3.26. The van der Waals surface area contributed by atoms with E-state index in [1.165, 1.54) is 11.1 Å². The van der Waals surface area contributed by atoms with E-state index in [9.17, 15) is 5.11 Å². The monoisotopic (exact) mass is 445 g/mol. The minimum Gasteiger partial charge on any atom is -0.491 e. The van der Waals surface area contributed by atoms with Gasteiger partial charge in [0.25, 0.3) is 0 Å². The molecule has 33 heavy (non-hydrogen) atoms. The molecule has 0 aromatic heterocycles. The van der Waals surface area contributed by atoms with Gasteiger partial charge in [0, 0.05) is 6.54 Å². The van der Waals surface area contributed by atoms with Gasteiger partial charge in [-0.25, -0.2) is 0 Å². The molecule has 0 bridgehead atoms. The lowest BCUT2D eigenvalue weighted by Gasteiger charge is -2.18. The van der Waals surface area contributed by atoms with Crippen LogP contribution >= 0.6 is 0 Å². The molecule has 1 N–H and O–H groups in total. The van der Waals surface area contributed by atoms with Crippen molar-refractivity contribution in [3.8, 4) is 17.2 Å². The van der Waals surface area contributed by atoms with Gasteiger partial charge in [-0.3, -0.25) is 0 Å². The van der Waals surface area contributed by atoms with Crippen molar-refractivity contribution in [3.63, 3.8) is 0 Å². The first kappa shape index (κ1) is 22.9. The number of rotatable bonds is 9. The summed E-state index contributed by atoms with van der Waals surface area (Å²) in [4.78, 5) is 1.94. The average Bonchev–Trinajstić information content (AvgIpc) is 3.30. The van der Waals surface area contributed by atoms with E-state index in [1.807, 2.05) is 43.3 Å². The summed E-state index contributed by atoms with van der Waals surface area (Å²) in [7, 11) is 3.86. The van der Waals surface area contributed by atoms with Gasteiger partial charge in [0.2, 0.25) is 6.79 Å². The van der Waals surface area contributed by atoms with E-state index in [-0.39, 0.29) is 13.4 Å². The second kappa shape index (κ2) is 10.6. The molecule has 1 unspecified atom stereocenters. The number of ether oxygens (including phenoxy) is 3. The number of fused-ring (bicyclic) bond motifs is 1. The summed E-state index contributed by atoms with van der Waals surface area (Å²) in [5.74, 6) is 2.31. The molecule has 0 saturated carbocycles. The van der Waals surface area contributed by atoms with Crippen LogP contribution < -0.4 is 14.2 Å². The number of hydrogen-bond donors (Lipinski definition) is 1. The fourth-order valence-electron chi connectivity index (χ4n) is 4.11. The first-order valence-corrected chi connectivity index (χ1v) is 11.3. The largest absolute Gasteiger partial charge is 0.491 e. The number of benzene rings is 3. The predicted molar refractivity (Wildman–Crippen MR) is 132 cm³/mol. The first-order valence-electron chi connectivity index (χ1n) is 11.3. The summed E-state index contributed by atoms with van der Waals surface area (Å²) in [6.07, 6.45) is 0.330.